The first-order valence-electron chi connectivity index (χ1n) is 5.78. The Morgan fingerprint density at radius 2 is 1.94 bits per heavy atom. The van der Waals surface area contributed by atoms with Crippen LogP contribution in [0.1, 0.15) is 18.1 Å². The lowest BCUT2D eigenvalue weighted by Gasteiger charge is -2.22. The minimum atomic E-state index is -0.237. The first-order chi connectivity index (χ1) is 8.78. The van der Waals surface area contributed by atoms with Crippen LogP contribution in [0.5, 0.6) is 0 Å². The van der Waals surface area contributed by atoms with Gasteiger partial charge in [0.05, 0.1) is 0 Å². The Hall–Kier alpha value is -1.81. The Kier molecular flexibility index (Phi) is 2.80. The highest BCUT2D eigenvalue weighted by Crippen LogP contribution is 2.39. The molecule has 2 aromatic rings. The summed E-state index contributed by atoms with van der Waals surface area (Å²) in [6, 6.07) is 14.2. The Bertz CT molecular complexity index is 568. The maximum absolute atomic E-state index is 4.44. The highest BCUT2D eigenvalue weighted by atomic mass is 32.2. The van der Waals surface area contributed by atoms with Gasteiger partial charge in [-0.1, -0.05) is 48.2 Å². The number of aromatic nitrogens is 1. The molecule has 1 aromatic carbocycles. The van der Waals surface area contributed by atoms with E-state index in [1.165, 1.54) is 0 Å². The normalized spacial score (nSPS) is 22.4. The number of rotatable bonds is 2. The van der Waals surface area contributed by atoms with E-state index < -0.39 is 0 Å². The van der Waals surface area contributed by atoms with Crippen molar-refractivity contribution in [2.24, 2.45) is 5.10 Å². The van der Waals surface area contributed by atoms with Gasteiger partial charge in [0.25, 0.3) is 0 Å². The van der Waals surface area contributed by atoms with Crippen molar-refractivity contribution in [3.63, 3.8) is 0 Å². The van der Waals surface area contributed by atoms with Crippen LogP contribution in [0.4, 0.5) is 0 Å². The smallest absolute Gasteiger partial charge is 0.130 e. The monoisotopic (exact) mass is 255 g/mol. The van der Waals surface area contributed by atoms with Crippen molar-refractivity contribution in [3.05, 3.63) is 66.0 Å². The zero-order chi connectivity index (χ0) is 12.4. The number of pyridine rings is 1. The molecule has 0 spiro atoms. The summed E-state index contributed by atoms with van der Waals surface area (Å²) in [6.45, 7) is 2.12. The maximum atomic E-state index is 4.44. The van der Waals surface area contributed by atoms with Gasteiger partial charge in [-0.05, 0) is 13.0 Å². The van der Waals surface area contributed by atoms with E-state index in [-0.39, 0.29) is 4.87 Å². The SMILES string of the molecule is CC1(c2cccnc2)NN=C(c2ccccc2)S1. The second-order valence-electron chi connectivity index (χ2n) is 4.27. The topological polar surface area (TPSA) is 37.3 Å². The molecule has 0 saturated heterocycles. The third-order valence-electron chi connectivity index (χ3n) is 2.90. The molecule has 1 N–H and O–H groups in total. The minimum Gasteiger partial charge on any atom is -0.288 e. The fraction of sp³-hybridized carbons (Fsp3) is 0.143. The average Bonchev–Trinajstić information content (AvgIpc) is 2.85. The van der Waals surface area contributed by atoms with Crippen LogP contribution >= 0.6 is 11.8 Å². The fourth-order valence-electron chi connectivity index (χ4n) is 1.87. The molecule has 1 unspecified atom stereocenters. The van der Waals surface area contributed by atoms with Crippen LogP contribution in [-0.4, -0.2) is 10.0 Å². The quantitative estimate of drug-likeness (QED) is 0.896. The van der Waals surface area contributed by atoms with Gasteiger partial charge in [0.15, 0.2) is 0 Å². The summed E-state index contributed by atoms with van der Waals surface area (Å²) in [5.41, 5.74) is 5.48. The summed E-state index contributed by atoms with van der Waals surface area (Å²) in [7, 11) is 0. The average molecular weight is 255 g/mol. The third kappa shape index (κ3) is 1.99. The van der Waals surface area contributed by atoms with E-state index in [1.807, 2.05) is 30.5 Å². The predicted molar refractivity (Wildman–Crippen MR) is 75.3 cm³/mol. The molecule has 0 amide bonds. The number of hydrogen-bond donors (Lipinski definition) is 1. The summed E-state index contributed by atoms with van der Waals surface area (Å²) in [4.78, 5) is 3.93. The summed E-state index contributed by atoms with van der Waals surface area (Å²) in [5.74, 6) is 0. The molecule has 1 aliphatic rings. The lowest BCUT2D eigenvalue weighted by atomic mass is 10.1. The summed E-state index contributed by atoms with van der Waals surface area (Å²) in [6.07, 6.45) is 3.66. The molecule has 1 aliphatic heterocycles. The molecule has 2 heterocycles. The Balaban J connectivity index is 1.86. The second kappa shape index (κ2) is 4.46. The van der Waals surface area contributed by atoms with Crippen molar-refractivity contribution in [2.75, 3.05) is 0 Å². The largest absolute Gasteiger partial charge is 0.288 e. The standard InChI is InChI=1S/C14H13N3S/c1-14(12-8-5-9-15-10-12)17-16-13(18-14)11-6-3-2-4-7-11/h2-10,17H,1H3. The van der Waals surface area contributed by atoms with E-state index >= 15 is 0 Å². The number of nitrogens with zero attached hydrogens (tertiary/aromatic N) is 2. The fourth-order valence-corrected chi connectivity index (χ4v) is 2.93. The number of hydrogen-bond acceptors (Lipinski definition) is 4. The highest BCUT2D eigenvalue weighted by molar-refractivity contribution is 8.15. The lowest BCUT2D eigenvalue weighted by Crippen LogP contribution is -2.28. The zero-order valence-corrected chi connectivity index (χ0v) is 10.8. The molecule has 0 bridgehead atoms. The molecule has 90 valence electrons. The number of hydrazone groups is 1. The molecule has 0 aliphatic carbocycles. The van der Waals surface area contributed by atoms with Gasteiger partial charge >= 0.3 is 0 Å². The van der Waals surface area contributed by atoms with Crippen molar-refractivity contribution < 1.29 is 0 Å². The number of benzene rings is 1. The molecule has 1 aromatic heterocycles. The number of thioether (sulfide) groups is 1. The minimum absolute atomic E-state index is 0.237. The maximum Gasteiger partial charge on any atom is 0.130 e. The van der Waals surface area contributed by atoms with Crippen LogP contribution in [0.2, 0.25) is 0 Å². The summed E-state index contributed by atoms with van der Waals surface area (Å²) >= 11 is 1.72. The molecular weight excluding hydrogens is 242 g/mol. The molecule has 4 heteroatoms. The van der Waals surface area contributed by atoms with Gasteiger partial charge in [-0.25, -0.2) is 0 Å². The lowest BCUT2D eigenvalue weighted by molar-refractivity contribution is 0.561. The predicted octanol–water partition coefficient (Wildman–Crippen LogP) is 2.95. The molecular formula is C14H13N3S. The first kappa shape index (κ1) is 11.3. The van der Waals surface area contributed by atoms with Crippen molar-refractivity contribution in [1.82, 2.24) is 10.4 Å². The van der Waals surface area contributed by atoms with Crippen molar-refractivity contribution in [2.45, 2.75) is 11.8 Å². The Labute approximate surface area is 110 Å². The molecule has 1 atom stereocenters. The Morgan fingerprint density at radius 1 is 1.11 bits per heavy atom. The van der Waals surface area contributed by atoms with E-state index in [2.05, 4.69) is 40.6 Å². The molecule has 3 rings (SSSR count). The van der Waals surface area contributed by atoms with Crippen molar-refractivity contribution in [1.29, 1.82) is 0 Å². The van der Waals surface area contributed by atoms with Crippen LogP contribution in [0, 0.1) is 0 Å². The summed E-state index contributed by atoms with van der Waals surface area (Å²) in [5, 5.41) is 5.45. The number of nitrogens with one attached hydrogen (secondary N) is 1. The van der Waals surface area contributed by atoms with Crippen LogP contribution in [0.15, 0.2) is 60.0 Å². The molecule has 18 heavy (non-hydrogen) atoms. The van der Waals surface area contributed by atoms with Crippen LogP contribution in [-0.2, 0) is 4.87 Å². The van der Waals surface area contributed by atoms with Gasteiger partial charge in [0.1, 0.15) is 9.91 Å². The van der Waals surface area contributed by atoms with E-state index in [1.54, 1.807) is 18.0 Å². The molecule has 0 fully saturated rings. The van der Waals surface area contributed by atoms with Crippen LogP contribution in [0.25, 0.3) is 0 Å². The zero-order valence-electron chi connectivity index (χ0n) is 10.00. The van der Waals surface area contributed by atoms with Crippen LogP contribution < -0.4 is 5.43 Å². The van der Waals surface area contributed by atoms with Crippen LogP contribution in [0.3, 0.4) is 0 Å². The molecule has 0 radical (unpaired) electrons. The van der Waals surface area contributed by atoms with Gasteiger partial charge in [-0.3, -0.25) is 10.4 Å². The molecule has 3 nitrogen and oxygen atoms in total. The highest BCUT2D eigenvalue weighted by Gasteiger charge is 2.34. The second-order valence-corrected chi connectivity index (χ2v) is 5.68. The molecule has 0 saturated carbocycles. The van der Waals surface area contributed by atoms with Gasteiger partial charge in [0.2, 0.25) is 0 Å². The van der Waals surface area contributed by atoms with Crippen molar-refractivity contribution in [3.8, 4) is 0 Å². The van der Waals surface area contributed by atoms with Gasteiger partial charge in [-0.2, -0.15) is 5.10 Å². The van der Waals surface area contributed by atoms with E-state index in [9.17, 15) is 0 Å². The van der Waals surface area contributed by atoms with Gasteiger partial charge in [0, 0.05) is 23.5 Å². The van der Waals surface area contributed by atoms with E-state index in [4.69, 9.17) is 0 Å². The van der Waals surface area contributed by atoms with Crippen molar-refractivity contribution >= 4 is 16.8 Å². The van der Waals surface area contributed by atoms with Gasteiger partial charge < -0.3 is 0 Å². The first-order valence-corrected chi connectivity index (χ1v) is 6.59. The van der Waals surface area contributed by atoms with E-state index in [0.29, 0.717) is 0 Å². The third-order valence-corrected chi connectivity index (χ3v) is 4.16. The summed E-state index contributed by atoms with van der Waals surface area (Å²) < 4.78 is 0. The van der Waals surface area contributed by atoms with E-state index in [0.717, 1.165) is 16.2 Å². The Morgan fingerprint density at radius 3 is 2.67 bits per heavy atom. The van der Waals surface area contributed by atoms with Gasteiger partial charge in [-0.15, -0.1) is 0 Å².